The minimum Gasteiger partial charge on any atom is -0.378 e. The Labute approximate surface area is 173 Å². The van der Waals surface area contributed by atoms with Crippen LogP contribution in [0.3, 0.4) is 0 Å². The molecule has 1 saturated heterocycles. The number of hydrogen-bond acceptors (Lipinski definition) is 6. The van der Waals surface area contributed by atoms with Gasteiger partial charge in [-0.05, 0) is 37.3 Å². The number of hydrazine groups is 1. The lowest BCUT2D eigenvalue weighted by atomic mass is 10.2. The van der Waals surface area contributed by atoms with Gasteiger partial charge in [0.25, 0.3) is 11.8 Å². The van der Waals surface area contributed by atoms with Crippen molar-refractivity contribution in [1.29, 1.82) is 0 Å². The molecule has 0 saturated carbocycles. The number of amides is 2. The Morgan fingerprint density at radius 2 is 1.93 bits per heavy atom. The molecule has 0 radical (unpaired) electrons. The summed E-state index contributed by atoms with van der Waals surface area (Å²) in [5.74, 6) is -1.29. The summed E-state index contributed by atoms with van der Waals surface area (Å²) in [5, 5.41) is 3.92. The van der Waals surface area contributed by atoms with Gasteiger partial charge < -0.3 is 15.0 Å². The first-order valence-corrected chi connectivity index (χ1v) is 9.70. The maximum atomic E-state index is 14.6. The van der Waals surface area contributed by atoms with Crippen LogP contribution < -0.4 is 20.7 Å². The maximum Gasteiger partial charge on any atom is 0.292 e. The second-order valence-corrected chi connectivity index (χ2v) is 6.99. The molecule has 1 unspecified atom stereocenters. The number of rotatable bonds is 4. The van der Waals surface area contributed by atoms with Gasteiger partial charge >= 0.3 is 0 Å². The summed E-state index contributed by atoms with van der Waals surface area (Å²) in [6.45, 7) is 3.95. The van der Waals surface area contributed by atoms with E-state index in [-0.39, 0.29) is 11.7 Å². The summed E-state index contributed by atoms with van der Waals surface area (Å²) >= 11 is 0. The van der Waals surface area contributed by atoms with E-state index < -0.39 is 17.8 Å². The third-order valence-electron chi connectivity index (χ3n) is 4.91. The number of amidine groups is 1. The van der Waals surface area contributed by atoms with Gasteiger partial charge in [-0.15, -0.1) is 0 Å². The van der Waals surface area contributed by atoms with Crippen molar-refractivity contribution in [2.75, 3.05) is 41.5 Å². The molecule has 1 atom stereocenters. The lowest BCUT2D eigenvalue weighted by Gasteiger charge is -2.30. The van der Waals surface area contributed by atoms with Gasteiger partial charge in [0.2, 0.25) is 5.84 Å². The molecule has 0 aliphatic carbocycles. The molecule has 2 heterocycles. The molecule has 9 heteroatoms. The number of carbonyl (C=O) groups excluding carboxylic acids is 2. The van der Waals surface area contributed by atoms with E-state index in [9.17, 15) is 14.0 Å². The standard InChI is InChI=1S/C21H22FN5O3/c1-14-21(29)27(16-5-3-2-4-6-16)25-19(23-14)20(28)24-15-7-8-18(17(22)13-15)26-9-11-30-12-10-26/h2-8,13-14H,9-12H2,1H3,(H,23,25)(H,24,28). The highest BCUT2D eigenvalue weighted by atomic mass is 19.1. The molecule has 2 aliphatic rings. The van der Waals surface area contributed by atoms with Crippen LogP contribution in [0.2, 0.25) is 0 Å². The van der Waals surface area contributed by atoms with Crippen LogP contribution in [0, 0.1) is 5.82 Å². The predicted octanol–water partition coefficient (Wildman–Crippen LogP) is 1.94. The van der Waals surface area contributed by atoms with Gasteiger partial charge in [0.05, 0.1) is 24.6 Å². The normalized spacial score (nSPS) is 19.2. The van der Waals surface area contributed by atoms with E-state index in [1.54, 1.807) is 43.3 Å². The van der Waals surface area contributed by atoms with E-state index >= 15 is 0 Å². The second-order valence-electron chi connectivity index (χ2n) is 6.99. The predicted molar refractivity (Wildman–Crippen MR) is 112 cm³/mol. The fraction of sp³-hybridized carbons (Fsp3) is 0.286. The first-order valence-electron chi connectivity index (χ1n) is 9.70. The van der Waals surface area contributed by atoms with Crippen molar-refractivity contribution in [3.63, 3.8) is 0 Å². The van der Waals surface area contributed by atoms with E-state index in [1.165, 1.54) is 11.1 Å². The van der Waals surface area contributed by atoms with E-state index in [0.29, 0.717) is 43.4 Å². The molecule has 0 bridgehead atoms. The lowest BCUT2D eigenvalue weighted by Crippen LogP contribution is -2.57. The summed E-state index contributed by atoms with van der Waals surface area (Å²) in [6.07, 6.45) is 0. The summed E-state index contributed by atoms with van der Waals surface area (Å²) < 4.78 is 19.9. The van der Waals surface area contributed by atoms with Crippen LogP contribution in [0.15, 0.2) is 53.5 Å². The zero-order chi connectivity index (χ0) is 21.1. The molecular formula is C21H22FN5O3. The van der Waals surface area contributed by atoms with Crippen LogP contribution in [0.1, 0.15) is 6.92 Å². The molecule has 2 aromatic rings. The van der Waals surface area contributed by atoms with Crippen molar-refractivity contribution in [1.82, 2.24) is 5.43 Å². The molecule has 4 rings (SSSR count). The van der Waals surface area contributed by atoms with Crippen LogP contribution in [0.5, 0.6) is 0 Å². The topological polar surface area (TPSA) is 86.3 Å². The Kier molecular flexibility index (Phi) is 5.62. The summed E-state index contributed by atoms with van der Waals surface area (Å²) in [5.41, 5.74) is 4.12. The molecule has 2 aromatic carbocycles. The Morgan fingerprint density at radius 3 is 2.63 bits per heavy atom. The molecule has 156 valence electrons. The van der Waals surface area contributed by atoms with Crippen LogP contribution in [-0.4, -0.2) is 50.0 Å². The first kappa shape index (κ1) is 19.8. The third kappa shape index (κ3) is 4.11. The molecule has 0 spiro atoms. The molecule has 2 N–H and O–H groups in total. The number of aliphatic imine (C=N–C) groups is 1. The Hall–Kier alpha value is -3.46. The number of benzene rings is 2. The van der Waals surface area contributed by atoms with E-state index in [2.05, 4.69) is 15.7 Å². The quantitative estimate of drug-likeness (QED) is 0.803. The number of morpholine rings is 1. The van der Waals surface area contributed by atoms with Crippen molar-refractivity contribution in [2.24, 2.45) is 4.99 Å². The van der Waals surface area contributed by atoms with Gasteiger partial charge in [0.15, 0.2) is 0 Å². The molecule has 30 heavy (non-hydrogen) atoms. The van der Waals surface area contributed by atoms with Crippen molar-refractivity contribution >= 4 is 34.7 Å². The Bertz CT molecular complexity index is 976. The molecule has 1 fully saturated rings. The second kappa shape index (κ2) is 8.50. The highest BCUT2D eigenvalue weighted by Crippen LogP contribution is 2.24. The number of hydrogen-bond donors (Lipinski definition) is 2. The van der Waals surface area contributed by atoms with Gasteiger partial charge in [0, 0.05) is 18.8 Å². The average Bonchev–Trinajstić information content (AvgIpc) is 2.77. The molecular weight excluding hydrogens is 389 g/mol. The number of carbonyl (C=O) groups is 2. The fourth-order valence-corrected chi connectivity index (χ4v) is 3.34. The third-order valence-corrected chi connectivity index (χ3v) is 4.91. The number of halogens is 1. The number of anilines is 3. The molecule has 0 aromatic heterocycles. The largest absolute Gasteiger partial charge is 0.378 e. The van der Waals surface area contributed by atoms with E-state index in [0.717, 1.165) is 0 Å². The molecule has 2 amide bonds. The fourth-order valence-electron chi connectivity index (χ4n) is 3.34. The number of nitrogens with one attached hydrogen (secondary N) is 2. The summed E-state index contributed by atoms with van der Waals surface area (Å²) in [4.78, 5) is 31.2. The van der Waals surface area contributed by atoms with Crippen LogP contribution >= 0.6 is 0 Å². The number of ether oxygens (including phenoxy) is 1. The minimum absolute atomic E-state index is 0.0244. The first-order chi connectivity index (χ1) is 14.5. The average molecular weight is 411 g/mol. The van der Waals surface area contributed by atoms with Gasteiger partial charge in [-0.3, -0.25) is 15.0 Å². The summed E-state index contributed by atoms with van der Waals surface area (Å²) in [6, 6.07) is 12.7. The van der Waals surface area contributed by atoms with Crippen LogP contribution in [0.25, 0.3) is 0 Å². The van der Waals surface area contributed by atoms with E-state index in [1.807, 2.05) is 11.0 Å². The summed E-state index contributed by atoms with van der Waals surface area (Å²) in [7, 11) is 0. The van der Waals surface area contributed by atoms with Gasteiger partial charge in [-0.2, -0.15) is 0 Å². The molecule has 8 nitrogen and oxygen atoms in total. The zero-order valence-electron chi connectivity index (χ0n) is 16.5. The Morgan fingerprint density at radius 1 is 1.20 bits per heavy atom. The van der Waals surface area contributed by atoms with E-state index in [4.69, 9.17) is 4.74 Å². The van der Waals surface area contributed by atoms with Gasteiger partial charge in [0.1, 0.15) is 11.9 Å². The van der Waals surface area contributed by atoms with Crippen molar-refractivity contribution in [3.05, 3.63) is 54.3 Å². The van der Waals surface area contributed by atoms with Gasteiger partial charge in [-0.1, -0.05) is 18.2 Å². The highest BCUT2D eigenvalue weighted by molar-refractivity contribution is 6.43. The SMILES string of the molecule is CC1N=C(C(=O)Nc2ccc(N3CCOCC3)c(F)c2)NN(c2ccccc2)C1=O. The smallest absolute Gasteiger partial charge is 0.292 e. The van der Waals surface area contributed by atoms with Crippen molar-refractivity contribution < 1.29 is 18.7 Å². The van der Waals surface area contributed by atoms with Crippen molar-refractivity contribution in [3.8, 4) is 0 Å². The Balaban J connectivity index is 1.48. The zero-order valence-corrected chi connectivity index (χ0v) is 16.5. The minimum atomic E-state index is -0.729. The highest BCUT2D eigenvalue weighted by Gasteiger charge is 2.30. The maximum absolute atomic E-state index is 14.6. The number of nitrogens with zero attached hydrogens (tertiary/aromatic N) is 3. The number of para-hydroxylation sites is 1. The molecule has 2 aliphatic heterocycles. The van der Waals surface area contributed by atoms with Crippen LogP contribution in [-0.2, 0) is 14.3 Å². The van der Waals surface area contributed by atoms with Crippen LogP contribution in [0.4, 0.5) is 21.5 Å². The van der Waals surface area contributed by atoms with Gasteiger partial charge in [-0.25, -0.2) is 14.4 Å². The monoisotopic (exact) mass is 411 g/mol. The van der Waals surface area contributed by atoms with Crippen molar-refractivity contribution in [2.45, 2.75) is 13.0 Å². The lowest BCUT2D eigenvalue weighted by molar-refractivity contribution is -0.120.